The van der Waals surface area contributed by atoms with Crippen LogP contribution < -0.4 is 0 Å². The first-order valence-corrected chi connectivity index (χ1v) is 7.69. The van der Waals surface area contributed by atoms with Gasteiger partial charge in [0.1, 0.15) is 0 Å². The molecule has 2 heteroatoms. The number of aliphatic hydroxyl groups excluding tert-OH is 1. The lowest BCUT2D eigenvalue weighted by Crippen LogP contribution is -2.26. The van der Waals surface area contributed by atoms with Gasteiger partial charge in [-0.2, -0.15) is 11.8 Å². The van der Waals surface area contributed by atoms with Gasteiger partial charge in [0.15, 0.2) is 0 Å². The smallest absolute Gasteiger partial charge is 0.0576 e. The molecule has 1 saturated carbocycles. The predicted molar refractivity (Wildman–Crippen MR) is 69.4 cm³/mol. The van der Waals surface area contributed by atoms with Gasteiger partial charge in [0.25, 0.3) is 0 Å². The van der Waals surface area contributed by atoms with E-state index in [-0.39, 0.29) is 6.10 Å². The highest BCUT2D eigenvalue weighted by Gasteiger charge is 2.25. The van der Waals surface area contributed by atoms with E-state index in [1.165, 1.54) is 37.9 Å². The Hall–Kier alpha value is 0.310. The number of aliphatic hydroxyl groups is 1. The summed E-state index contributed by atoms with van der Waals surface area (Å²) in [7, 11) is 0. The lowest BCUT2D eigenvalue weighted by atomic mass is 9.78. The fourth-order valence-corrected chi connectivity index (χ4v) is 3.26. The summed E-state index contributed by atoms with van der Waals surface area (Å²) >= 11 is 1.95. The van der Waals surface area contributed by atoms with Crippen molar-refractivity contribution >= 4 is 11.8 Å². The maximum atomic E-state index is 10.0. The third kappa shape index (κ3) is 4.78. The number of hydrogen-bond donors (Lipinski definition) is 1. The molecule has 1 N–H and O–H groups in total. The largest absolute Gasteiger partial charge is 0.393 e. The Morgan fingerprint density at radius 3 is 2.40 bits per heavy atom. The molecule has 1 rings (SSSR count). The predicted octanol–water partition coefficient (Wildman–Crippen LogP) is 3.71. The molecule has 1 nitrogen and oxygen atoms in total. The van der Waals surface area contributed by atoms with Crippen LogP contribution in [0.25, 0.3) is 0 Å². The second-order valence-electron chi connectivity index (χ2n) is 4.74. The van der Waals surface area contributed by atoms with Gasteiger partial charge in [-0.15, -0.1) is 0 Å². The van der Waals surface area contributed by atoms with Gasteiger partial charge in [-0.05, 0) is 42.6 Å². The molecule has 0 heterocycles. The van der Waals surface area contributed by atoms with Crippen LogP contribution in [-0.4, -0.2) is 22.7 Å². The minimum Gasteiger partial charge on any atom is -0.393 e. The Bertz CT molecular complexity index is 153. The molecule has 0 radical (unpaired) electrons. The van der Waals surface area contributed by atoms with Gasteiger partial charge in [-0.3, -0.25) is 0 Å². The van der Waals surface area contributed by atoms with Crippen molar-refractivity contribution in [3.8, 4) is 0 Å². The zero-order valence-corrected chi connectivity index (χ0v) is 11.1. The fourth-order valence-electron chi connectivity index (χ4n) is 2.57. The van der Waals surface area contributed by atoms with Gasteiger partial charge in [-0.1, -0.05) is 33.1 Å². The van der Waals surface area contributed by atoms with Gasteiger partial charge in [-0.25, -0.2) is 0 Å². The molecule has 0 bridgehead atoms. The molecule has 0 aromatic heterocycles. The van der Waals surface area contributed by atoms with E-state index in [2.05, 4.69) is 13.8 Å². The van der Waals surface area contributed by atoms with Crippen LogP contribution in [0, 0.1) is 11.8 Å². The average molecular weight is 230 g/mol. The van der Waals surface area contributed by atoms with Crippen LogP contribution >= 0.6 is 11.8 Å². The van der Waals surface area contributed by atoms with Crippen LogP contribution in [0.2, 0.25) is 0 Å². The third-order valence-electron chi connectivity index (χ3n) is 3.77. The summed E-state index contributed by atoms with van der Waals surface area (Å²) in [5.74, 6) is 3.85. The fraction of sp³-hybridized carbons (Fsp3) is 1.00. The summed E-state index contributed by atoms with van der Waals surface area (Å²) < 4.78 is 0. The third-order valence-corrected chi connectivity index (χ3v) is 4.71. The van der Waals surface area contributed by atoms with E-state index in [0.717, 1.165) is 18.1 Å². The minimum absolute atomic E-state index is 0.0261. The normalized spacial score (nSPS) is 29.0. The van der Waals surface area contributed by atoms with Crippen molar-refractivity contribution in [2.24, 2.45) is 11.8 Å². The van der Waals surface area contributed by atoms with Crippen LogP contribution in [0.3, 0.4) is 0 Å². The molecule has 0 amide bonds. The summed E-state index contributed by atoms with van der Waals surface area (Å²) in [6, 6.07) is 0. The number of rotatable bonds is 6. The average Bonchev–Trinajstić information content (AvgIpc) is 2.29. The summed E-state index contributed by atoms with van der Waals surface area (Å²) in [6.45, 7) is 4.48. The van der Waals surface area contributed by atoms with E-state index < -0.39 is 0 Å². The van der Waals surface area contributed by atoms with E-state index in [1.54, 1.807) is 0 Å². The van der Waals surface area contributed by atoms with Gasteiger partial charge in [0.05, 0.1) is 6.10 Å². The van der Waals surface area contributed by atoms with Gasteiger partial charge < -0.3 is 5.11 Å². The summed E-state index contributed by atoms with van der Waals surface area (Å²) in [5.41, 5.74) is 0. The molecule has 0 aromatic rings. The van der Waals surface area contributed by atoms with Crippen LogP contribution in [0.4, 0.5) is 0 Å². The first-order chi connectivity index (χ1) is 7.27. The van der Waals surface area contributed by atoms with E-state index in [1.807, 2.05) is 11.8 Å². The maximum absolute atomic E-state index is 10.0. The zero-order valence-electron chi connectivity index (χ0n) is 10.2. The second kappa shape index (κ2) is 7.56. The molecule has 0 aromatic carbocycles. The minimum atomic E-state index is -0.0261. The molecular weight excluding hydrogens is 204 g/mol. The van der Waals surface area contributed by atoms with E-state index in [9.17, 15) is 5.11 Å². The quantitative estimate of drug-likeness (QED) is 0.702. The molecule has 0 aliphatic heterocycles. The lowest BCUT2D eigenvalue weighted by molar-refractivity contribution is 0.0712. The highest BCUT2D eigenvalue weighted by atomic mass is 32.2. The lowest BCUT2D eigenvalue weighted by Gasteiger charge is -2.31. The van der Waals surface area contributed by atoms with Gasteiger partial charge in [0, 0.05) is 0 Å². The Kier molecular flexibility index (Phi) is 6.74. The molecular formula is C13H26OS. The van der Waals surface area contributed by atoms with Gasteiger partial charge >= 0.3 is 0 Å². The summed E-state index contributed by atoms with van der Waals surface area (Å²) in [5, 5.41) is 10.0. The van der Waals surface area contributed by atoms with Crippen molar-refractivity contribution in [2.75, 3.05) is 11.5 Å². The second-order valence-corrected chi connectivity index (χ2v) is 6.14. The molecule has 0 spiro atoms. The Morgan fingerprint density at radius 1 is 1.20 bits per heavy atom. The van der Waals surface area contributed by atoms with Crippen molar-refractivity contribution in [3.05, 3.63) is 0 Å². The van der Waals surface area contributed by atoms with E-state index in [0.29, 0.717) is 5.92 Å². The first-order valence-electron chi connectivity index (χ1n) is 6.53. The highest BCUT2D eigenvalue weighted by molar-refractivity contribution is 7.99. The van der Waals surface area contributed by atoms with Gasteiger partial charge in [0.2, 0.25) is 0 Å². The molecule has 90 valence electrons. The zero-order chi connectivity index (χ0) is 11.1. The first kappa shape index (κ1) is 13.4. The SMILES string of the molecule is CCSCCC(O)C1CCC(CC)CC1. The molecule has 1 fully saturated rings. The van der Waals surface area contributed by atoms with Crippen molar-refractivity contribution in [2.45, 2.75) is 58.5 Å². The molecule has 1 unspecified atom stereocenters. The van der Waals surface area contributed by atoms with Crippen molar-refractivity contribution in [1.29, 1.82) is 0 Å². The van der Waals surface area contributed by atoms with Crippen LogP contribution in [0.5, 0.6) is 0 Å². The molecule has 0 saturated heterocycles. The molecule has 1 aliphatic carbocycles. The standard InChI is InChI=1S/C13H26OS/c1-3-11-5-7-12(8-6-11)13(14)9-10-15-4-2/h11-14H,3-10H2,1-2H3. The van der Waals surface area contributed by atoms with E-state index >= 15 is 0 Å². The van der Waals surface area contributed by atoms with Crippen LogP contribution in [-0.2, 0) is 0 Å². The van der Waals surface area contributed by atoms with Crippen LogP contribution in [0.15, 0.2) is 0 Å². The maximum Gasteiger partial charge on any atom is 0.0576 e. The molecule has 15 heavy (non-hydrogen) atoms. The Morgan fingerprint density at radius 2 is 1.87 bits per heavy atom. The number of hydrogen-bond acceptors (Lipinski definition) is 2. The van der Waals surface area contributed by atoms with Crippen molar-refractivity contribution in [3.63, 3.8) is 0 Å². The Labute approximate surface area is 99.0 Å². The highest BCUT2D eigenvalue weighted by Crippen LogP contribution is 2.33. The Balaban J connectivity index is 2.15. The topological polar surface area (TPSA) is 20.2 Å². The van der Waals surface area contributed by atoms with Crippen LogP contribution in [0.1, 0.15) is 52.4 Å². The number of thioether (sulfide) groups is 1. The molecule has 1 atom stereocenters. The van der Waals surface area contributed by atoms with Crippen molar-refractivity contribution in [1.82, 2.24) is 0 Å². The van der Waals surface area contributed by atoms with E-state index in [4.69, 9.17) is 0 Å². The monoisotopic (exact) mass is 230 g/mol. The summed E-state index contributed by atoms with van der Waals surface area (Å²) in [6.07, 6.45) is 7.52. The van der Waals surface area contributed by atoms with Crippen molar-refractivity contribution < 1.29 is 5.11 Å². The summed E-state index contributed by atoms with van der Waals surface area (Å²) in [4.78, 5) is 0. The molecule has 1 aliphatic rings.